The maximum absolute atomic E-state index is 5.60. The summed E-state index contributed by atoms with van der Waals surface area (Å²) in [6.45, 7) is 9.77. The quantitative estimate of drug-likeness (QED) is 0.785. The van der Waals surface area contributed by atoms with Gasteiger partial charge in [-0.15, -0.1) is 0 Å². The molecule has 2 atom stereocenters. The van der Waals surface area contributed by atoms with E-state index in [-0.39, 0.29) is 0 Å². The van der Waals surface area contributed by atoms with Gasteiger partial charge in [-0.1, -0.05) is 13.3 Å². The van der Waals surface area contributed by atoms with E-state index in [0.717, 1.165) is 18.5 Å². The molecule has 0 aliphatic carbocycles. The fourth-order valence-electron chi connectivity index (χ4n) is 3.52. The van der Waals surface area contributed by atoms with Crippen molar-refractivity contribution in [2.45, 2.75) is 51.5 Å². The highest BCUT2D eigenvalue weighted by atomic mass is 15.3. The van der Waals surface area contributed by atoms with Gasteiger partial charge in [0, 0.05) is 25.7 Å². The number of rotatable bonds is 6. The zero-order valence-electron chi connectivity index (χ0n) is 12.1. The summed E-state index contributed by atoms with van der Waals surface area (Å²) in [4.78, 5) is 5.42. The van der Waals surface area contributed by atoms with Crippen molar-refractivity contribution in [3.8, 4) is 0 Å². The van der Waals surface area contributed by atoms with Gasteiger partial charge in [0.1, 0.15) is 0 Å². The molecule has 0 aromatic carbocycles. The maximum Gasteiger partial charge on any atom is 0.0223 e. The van der Waals surface area contributed by atoms with Gasteiger partial charge in [-0.25, -0.2) is 0 Å². The van der Waals surface area contributed by atoms with E-state index in [2.05, 4.69) is 16.7 Å². The molecule has 0 aromatic rings. The molecule has 106 valence electrons. The topological polar surface area (TPSA) is 32.5 Å². The summed E-state index contributed by atoms with van der Waals surface area (Å²) in [6, 6.07) is 0.869. The summed E-state index contributed by atoms with van der Waals surface area (Å²) in [6.07, 6.45) is 8.20. The lowest BCUT2D eigenvalue weighted by Crippen LogP contribution is -2.54. The van der Waals surface area contributed by atoms with Crippen LogP contribution in [0.15, 0.2) is 0 Å². The minimum atomic E-state index is 0.811. The molecule has 0 spiro atoms. The maximum atomic E-state index is 5.60. The molecule has 2 heterocycles. The van der Waals surface area contributed by atoms with Crippen molar-refractivity contribution in [1.29, 1.82) is 0 Å². The molecule has 2 aliphatic heterocycles. The number of piperazine rings is 1. The highest BCUT2D eigenvalue weighted by Crippen LogP contribution is 2.21. The van der Waals surface area contributed by atoms with Crippen LogP contribution in [-0.2, 0) is 0 Å². The van der Waals surface area contributed by atoms with Gasteiger partial charge in [-0.2, -0.15) is 0 Å². The van der Waals surface area contributed by atoms with Gasteiger partial charge in [0.25, 0.3) is 0 Å². The smallest absolute Gasteiger partial charge is 0.0223 e. The summed E-state index contributed by atoms with van der Waals surface area (Å²) >= 11 is 0. The summed E-state index contributed by atoms with van der Waals surface area (Å²) in [7, 11) is 0. The molecule has 0 radical (unpaired) electrons. The molecule has 2 saturated heterocycles. The average Bonchev–Trinajstić information content (AvgIpc) is 2.39. The van der Waals surface area contributed by atoms with Gasteiger partial charge in [0.05, 0.1) is 0 Å². The molecule has 0 saturated carbocycles. The number of nitrogens with zero attached hydrogens (tertiary/aromatic N) is 2. The Hall–Kier alpha value is -0.120. The molecular formula is C15H31N3. The first-order chi connectivity index (χ1) is 8.79. The summed E-state index contributed by atoms with van der Waals surface area (Å²) < 4.78 is 0. The Morgan fingerprint density at radius 3 is 2.89 bits per heavy atom. The third-order valence-electron chi connectivity index (χ3n) is 4.75. The standard InChI is InChI=1S/C15H31N3/c1-14(7-8-16)5-4-9-17-11-12-18-10-3-2-6-15(18)13-17/h14-15H,2-13,16H2,1H3. The van der Waals surface area contributed by atoms with Gasteiger partial charge >= 0.3 is 0 Å². The van der Waals surface area contributed by atoms with E-state index in [9.17, 15) is 0 Å². The highest BCUT2D eigenvalue weighted by molar-refractivity contribution is 4.84. The van der Waals surface area contributed by atoms with E-state index < -0.39 is 0 Å². The predicted octanol–water partition coefficient (Wildman–Crippen LogP) is 1.92. The molecule has 18 heavy (non-hydrogen) atoms. The van der Waals surface area contributed by atoms with E-state index in [4.69, 9.17) is 5.73 Å². The molecule has 2 unspecified atom stereocenters. The SMILES string of the molecule is CC(CCN)CCCN1CCN2CCCCC2C1. The predicted molar refractivity (Wildman–Crippen MR) is 77.7 cm³/mol. The first-order valence-corrected chi connectivity index (χ1v) is 7.96. The molecule has 3 heteroatoms. The summed E-state index contributed by atoms with van der Waals surface area (Å²) in [5.74, 6) is 0.811. The Labute approximate surface area is 113 Å². The number of piperidine rings is 1. The van der Waals surface area contributed by atoms with E-state index in [1.54, 1.807) is 0 Å². The summed E-state index contributed by atoms with van der Waals surface area (Å²) in [5, 5.41) is 0. The van der Waals surface area contributed by atoms with E-state index in [1.165, 1.54) is 71.2 Å². The lowest BCUT2D eigenvalue weighted by molar-refractivity contribution is 0.0482. The van der Waals surface area contributed by atoms with Crippen LogP contribution in [0.4, 0.5) is 0 Å². The number of fused-ring (bicyclic) bond motifs is 1. The highest BCUT2D eigenvalue weighted by Gasteiger charge is 2.28. The third-order valence-corrected chi connectivity index (χ3v) is 4.75. The summed E-state index contributed by atoms with van der Waals surface area (Å²) in [5.41, 5.74) is 5.60. The molecule has 2 N–H and O–H groups in total. The Kier molecular flexibility index (Phi) is 5.93. The fourth-order valence-corrected chi connectivity index (χ4v) is 3.52. The molecule has 2 aliphatic rings. The van der Waals surface area contributed by atoms with Crippen LogP contribution in [0.25, 0.3) is 0 Å². The van der Waals surface area contributed by atoms with Gasteiger partial charge in [-0.05, 0) is 57.7 Å². The van der Waals surface area contributed by atoms with Crippen molar-refractivity contribution in [2.24, 2.45) is 11.7 Å². The Balaban J connectivity index is 1.62. The van der Waals surface area contributed by atoms with E-state index in [1.807, 2.05) is 0 Å². The van der Waals surface area contributed by atoms with Crippen molar-refractivity contribution in [2.75, 3.05) is 39.3 Å². The minimum absolute atomic E-state index is 0.811. The fraction of sp³-hybridized carbons (Fsp3) is 1.00. The van der Waals surface area contributed by atoms with Crippen molar-refractivity contribution >= 4 is 0 Å². The molecule has 3 nitrogen and oxygen atoms in total. The zero-order chi connectivity index (χ0) is 12.8. The van der Waals surface area contributed by atoms with Crippen LogP contribution in [0.5, 0.6) is 0 Å². The second-order valence-corrected chi connectivity index (χ2v) is 6.31. The first-order valence-electron chi connectivity index (χ1n) is 7.96. The van der Waals surface area contributed by atoms with E-state index >= 15 is 0 Å². The average molecular weight is 253 g/mol. The molecule has 2 fully saturated rings. The zero-order valence-corrected chi connectivity index (χ0v) is 12.1. The van der Waals surface area contributed by atoms with Crippen LogP contribution >= 0.6 is 0 Å². The number of hydrogen-bond acceptors (Lipinski definition) is 3. The van der Waals surface area contributed by atoms with Gasteiger partial charge < -0.3 is 10.6 Å². The Morgan fingerprint density at radius 2 is 2.06 bits per heavy atom. The number of nitrogens with two attached hydrogens (primary N) is 1. The minimum Gasteiger partial charge on any atom is -0.330 e. The van der Waals surface area contributed by atoms with Crippen LogP contribution in [-0.4, -0.2) is 55.1 Å². The Bertz CT molecular complexity index is 232. The normalized spacial score (nSPS) is 28.0. The first kappa shape index (κ1) is 14.3. The molecule has 0 amide bonds. The van der Waals surface area contributed by atoms with Crippen LogP contribution in [0, 0.1) is 5.92 Å². The van der Waals surface area contributed by atoms with Gasteiger partial charge in [0.2, 0.25) is 0 Å². The Morgan fingerprint density at radius 1 is 1.17 bits per heavy atom. The lowest BCUT2D eigenvalue weighted by atomic mass is 9.98. The van der Waals surface area contributed by atoms with Crippen molar-refractivity contribution in [1.82, 2.24) is 9.80 Å². The lowest BCUT2D eigenvalue weighted by Gasteiger charge is -2.44. The van der Waals surface area contributed by atoms with Crippen LogP contribution < -0.4 is 5.73 Å². The van der Waals surface area contributed by atoms with Crippen LogP contribution in [0.3, 0.4) is 0 Å². The molecule has 2 rings (SSSR count). The van der Waals surface area contributed by atoms with Crippen molar-refractivity contribution in [3.05, 3.63) is 0 Å². The van der Waals surface area contributed by atoms with Crippen LogP contribution in [0.1, 0.15) is 45.4 Å². The third kappa shape index (κ3) is 4.22. The van der Waals surface area contributed by atoms with Crippen molar-refractivity contribution in [3.63, 3.8) is 0 Å². The van der Waals surface area contributed by atoms with Gasteiger partial charge in [0.15, 0.2) is 0 Å². The van der Waals surface area contributed by atoms with Crippen LogP contribution in [0.2, 0.25) is 0 Å². The van der Waals surface area contributed by atoms with E-state index in [0.29, 0.717) is 0 Å². The second kappa shape index (κ2) is 7.46. The molecule has 0 bridgehead atoms. The second-order valence-electron chi connectivity index (χ2n) is 6.31. The van der Waals surface area contributed by atoms with Crippen molar-refractivity contribution < 1.29 is 0 Å². The van der Waals surface area contributed by atoms with Gasteiger partial charge in [-0.3, -0.25) is 4.90 Å². The largest absolute Gasteiger partial charge is 0.330 e. The molecule has 0 aromatic heterocycles. The molecular weight excluding hydrogens is 222 g/mol. The monoisotopic (exact) mass is 253 g/mol. The number of hydrogen-bond donors (Lipinski definition) is 1.